The summed E-state index contributed by atoms with van der Waals surface area (Å²) in [4.78, 5) is 23.9. The van der Waals surface area contributed by atoms with Gasteiger partial charge in [-0.3, -0.25) is 4.79 Å². The molecule has 94 valence electrons. The first kappa shape index (κ1) is 13.1. The molecule has 1 rings (SSSR count). The van der Waals surface area contributed by atoms with E-state index in [1.807, 2.05) is 0 Å². The fourth-order valence-corrected chi connectivity index (χ4v) is 1.41. The van der Waals surface area contributed by atoms with E-state index >= 15 is 0 Å². The van der Waals surface area contributed by atoms with Crippen molar-refractivity contribution in [1.82, 2.24) is 10.3 Å². The third-order valence-electron chi connectivity index (χ3n) is 2.11. The average molecular weight is 250 g/mol. The normalized spacial score (nSPS) is 15.1. The van der Waals surface area contributed by atoms with Gasteiger partial charge in [-0.05, 0) is 12.1 Å². The first-order valence-corrected chi connectivity index (χ1v) is 4.44. The summed E-state index contributed by atoms with van der Waals surface area (Å²) in [7, 11) is 0. The number of nitrogens with one attached hydrogen (secondary N) is 2. The molecule has 1 aromatic heterocycles. The molecule has 0 aromatic carbocycles. The number of hydrogen-bond donors (Lipinski definition) is 3. The highest BCUT2D eigenvalue weighted by Gasteiger charge is 2.63. The van der Waals surface area contributed by atoms with Gasteiger partial charge in [0.05, 0.1) is 5.69 Å². The van der Waals surface area contributed by atoms with Crippen LogP contribution in [0.5, 0.6) is 0 Å². The number of carbonyl (C=O) groups excluding carboxylic acids is 1. The molecule has 0 saturated carbocycles. The minimum Gasteiger partial charge on any atom is -0.479 e. The lowest BCUT2D eigenvalue weighted by Gasteiger charge is -2.31. The molecule has 1 aromatic rings. The monoisotopic (exact) mass is 250 g/mol. The summed E-state index contributed by atoms with van der Waals surface area (Å²) < 4.78 is 38.8. The van der Waals surface area contributed by atoms with Gasteiger partial charge in [0.15, 0.2) is 0 Å². The number of hydrogen-bond acceptors (Lipinski definition) is 2. The van der Waals surface area contributed by atoms with Gasteiger partial charge in [-0.2, -0.15) is 13.2 Å². The van der Waals surface area contributed by atoms with Crippen molar-refractivity contribution in [1.29, 1.82) is 0 Å². The number of aromatic nitrogens is 1. The number of aliphatic carboxylic acids is 1. The molecule has 0 aliphatic rings. The highest BCUT2D eigenvalue weighted by Crippen LogP contribution is 2.38. The zero-order chi connectivity index (χ0) is 13.3. The van der Waals surface area contributed by atoms with Crippen molar-refractivity contribution in [3.63, 3.8) is 0 Å². The van der Waals surface area contributed by atoms with Crippen molar-refractivity contribution in [3.8, 4) is 0 Å². The first-order valence-electron chi connectivity index (χ1n) is 4.44. The van der Waals surface area contributed by atoms with Gasteiger partial charge in [0.25, 0.3) is 5.54 Å². The van der Waals surface area contributed by atoms with E-state index in [-0.39, 0.29) is 0 Å². The minimum absolute atomic E-state index is 0.660. The van der Waals surface area contributed by atoms with Crippen molar-refractivity contribution in [2.24, 2.45) is 0 Å². The maximum absolute atomic E-state index is 12.9. The zero-order valence-electron chi connectivity index (χ0n) is 8.63. The Labute approximate surface area is 93.6 Å². The molecule has 0 saturated heterocycles. The van der Waals surface area contributed by atoms with Crippen LogP contribution in [-0.4, -0.2) is 28.1 Å². The van der Waals surface area contributed by atoms with Crippen LogP contribution in [0.3, 0.4) is 0 Å². The molecule has 0 radical (unpaired) electrons. The second-order valence-corrected chi connectivity index (χ2v) is 3.32. The van der Waals surface area contributed by atoms with Crippen molar-refractivity contribution in [2.75, 3.05) is 0 Å². The molecular formula is C9H9F3N2O3. The quantitative estimate of drug-likeness (QED) is 0.748. The zero-order valence-corrected chi connectivity index (χ0v) is 8.63. The van der Waals surface area contributed by atoms with Gasteiger partial charge < -0.3 is 15.4 Å². The van der Waals surface area contributed by atoms with Gasteiger partial charge in [0.2, 0.25) is 5.91 Å². The van der Waals surface area contributed by atoms with E-state index in [9.17, 15) is 22.8 Å². The topological polar surface area (TPSA) is 82.2 Å². The first-order chi connectivity index (χ1) is 7.72. The Balaban J connectivity index is 3.43. The smallest absolute Gasteiger partial charge is 0.428 e. The van der Waals surface area contributed by atoms with Gasteiger partial charge in [0.1, 0.15) is 0 Å². The van der Waals surface area contributed by atoms with Crippen LogP contribution in [0.15, 0.2) is 18.3 Å². The molecule has 1 heterocycles. The van der Waals surface area contributed by atoms with Crippen LogP contribution in [0.4, 0.5) is 13.2 Å². The van der Waals surface area contributed by atoms with Crippen LogP contribution in [0.1, 0.15) is 12.6 Å². The Morgan fingerprint density at radius 2 is 2.00 bits per heavy atom. The van der Waals surface area contributed by atoms with E-state index in [0.29, 0.717) is 0 Å². The molecular weight excluding hydrogens is 241 g/mol. The minimum atomic E-state index is -5.17. The van der Waals surface area contributed by atoms with Crippen LogP contribution in [0.2, 0.25) is 0 Å². The summed E-state index contributed by atoms with van der Waals surface area (Å²) in [6, 6.07) is 2.15. The Kier molecular flexibility index (Phi) is 3.16. The molecule has 0 aliphatic carbocycles. The summed E-state index contributed by atoms with van der Waals surface area (Å²) in [5.41, 5.74) is -4.12. The highest BCUT2D eigenvalue weighted by molar-refractivity contribution is 5.87. The lowest BCUT2D eigenvalue weighted by Crippen LogP contribution is -2.61. The van der Waals surface area contributed by atoms with Gasteiger partial charge in [-0.1, -0.05) is 0 Å². The van der Waals surface area contributed by atoms with Crippen molar-refractivity contribution < 1.29 is 27.9 Å². The molecule has 5 nitrogen and oxygen atoms in total. The Bertz CT molecular complexity index is 427. The molecule has 0 aliphatic heterocycles. The van der Waals surface area contributed by atoms with E-state index in [2.05, 4.69) is 4.98 Å². The fraction of sp³-hybridized carbons (Fsp3) is 0.333. The van der Waals surface area contributed by atoms with E-state index in [1.165, 1.54) is 11.4 Å². The predicted molar refractivity (Wildman–Crippen MR) is 50.0 cm³/mol. The second-order valence-electron chi connectivity index (χ2n) is 3.32. The van der Waals surface area contributed by atoms with Crippen molar-refractivity contribution >= 4 is 11.9 Å². The number of carboxylic acid groups (broad SMARTS) is 1. The Morgan fingerprint density at radius 3 is 2.29 bits per heavy atom. The van der Waals surface area contributed by atoms with E-state index in [1.54, 1.807) is 0 Å². The number of carbonyl (C=O) groups is 2. The van der Waals surface area contributed by atoms with Gasteiger partial charge in [-0.25, -0.2) is 4.79 Å². The summed E-state index contributed by atoms with van der Waals surface area (Å²) in [6.45, 7) is 0.812. The number of carboxylic acids is 1. The second kappa shape index (κ2) is 4.11. The van der Waals surface area contributed by atoms with Crippen LogP contribution in [0.25, 0.3) is 0 Å². The van der Waals surface area contributed by atoms with Crippen molar-refractivity contribution in [2.45, 2.75) is 18.6 Å². The summed E-state index contributed by atoms with van der Waals surface area (Å²) in [6.07, 6.45) is -4.03. The molecule has 17 heavy (non-hydrogen) atoms. The standard InChI is InChI=1S/C9H9F3N2O3/c1-5(15)14-8(7(16)17,9(10,11)12)6-3-2-4-13-6/h2-4,13H,1H3,(H,14,15)(H,16,17). The Hall–Kier alpha value is -1.99. The average Bonchev–Trinajstić information content (AvgIpc) is 2.63. The van der Waals surface area contributed by atoms with Gasteiger partial charge in [-0.15, -0.1) is 0 Å². The number of aromatic amines is 1. The number of amides is 1. The van der Waals surface area contributed by atoms with E-state index in [4.69, 9.17) is 5.11 Å². The van der Waals surface area contributed by atoms with E-state index in [0.717, 1.165) is 19.2 Å². The number of alkyl halides is 3. The molecule has 0 spiro atoms. The van der Waals surface area contributed by atoms with Crippen LogP contribution in [0, 0.1) is 0 Å². The number of rotatable bonds is 3. The third-order valence-corrected chi connectivity index (χ3v) is 2.11. The van der Waals surface area contributed by atoms with E-state index < -0.39 is 29.3 Å². The van der Waals surface area contributed by atoms with Crippen LogP contribution in [-0.2, 0) is 15.1 Å². The fourth-order valence-electron chi connectivity index (χ4n) is 1.41. The lowest BCUT2D eigenvalue weighted by molar-refractivity contribution is -0.214. The molecule has 0 fully saturated rings. The van der Waals surface area contributed by atoms with Crippen molar-refractivity contribution in [3.05, 3.63) is 24.0 Å². The van der Waals surface area contributed by atoms with Crippen LogP contribution < -0.4 is 5.32 Å². The third kappa shape index (κ3) is 2.10. The molecule has 1 atom stereocenters. The summed E-state index contributed by atoms with van der Waals surface area (Å²) in [5, 5.41) is 10.3. The summed E-state index contributed by atoms with van der Waals surface area (Å²) in [5.74, 6) is -3.30. The molecule has 1 unspecified atom stereocenters. The van der Waals surface area contributed by atoms with Gasteiger partial charge >= 0.3 is 12.1 Å². The predicted octanol–water partition coefficient (Wildman–Crippen LogP) is 0.993. The number of H-pyrrole nitrogens is 1. The lowest BCUT2D eigenvalue weighted by atomic mass is 9.94. The largest absolute Gasteiger partial charge is 0.479 e. The molecule has 3 N–H and O–H groups in total. The Morgan fingerprint density at radius 1 is 1.41 bits per heavy atom. The molecule has 0 bridgehead atoms. The molecule has 8 heteroatoms. The van der Waals surface area contributed by atoms with Crippen LogP contribution >= 0.6 is 0 Å². The maximum atomic E-state index is 12.9. The summed E-state index contributed by atoms with van der Waals surface area (Å²) >= 11 is 0. The molecule has 1 amide bonds. The number of halogens is 3. The van der Waals surface area contributed by atoms with Gasteiger partial charge in [0, 0.05) is 13.1 Å². The SMILES string of the molecule is CC(=O)NC(C(=O)O)(c1ccc[nH]1)C(F)(F)F. The maximum Gasteiger partial charge on any atom is 0.428 e. The highest BCUT2D eigenvalue weighted by atomic mass is 19.4.